The number of nitrogens with zero attached hydrogens (tertiary/aromatic N) is 1. The number of hydrogen-bond donors (Lipinski definition) is 0. The van der Waals surface area contributed by atoms with Gasteiger partial charge in [-0.25, -0.2) is 0 Å². The predicted molar refractivity (Wildman–Crippen MR) is 76.5 cm³/mol. The van der Waals surface area contributed by atoms with Gasteiger partial charge in [-0.05, 0) is 12.1 Å². The normalized spacial score (nSPS) is 19.0. The molecule has 0 aromatic heterocycles. The van der Waals surface area contributed by atoms with E-state index in [0.29, 0.717) is 17.3 Å². The van der Waals surface area contributed by atoms with Crippen LogP contribution in [0.5, 0.6) is 5.75 Å². The Hall–Kier alpha value is -1.34. The zero-order chi connectivity index (χ0) is 15.5. The molecule has 1 saturated heterocycles. The van der Waals surface area contributed by atoms with E-state index in [2.05, 4.69) is 0 Å². The highest BCUT2D eigenvalue weighted by molar-refractivity contribution is 7.86. The summed E-state index contributed by atoms with van der Waals surface area (Å²) in [5, 5.41) is 0.478. The van der Waals surface area contributed by atoms with Crippen LogP contribution in [-0.4, -0.2) is 44.7 Å². The third-order valence-corrected chi connectivity index (χ3v) is 4.37. The summed E-state index contributed by atoms with van der Waals surface area (Å²) in [5.41, 5.74) is 0. The molecule has 1 aliphatic rings. The Morgan fingerprint density at radius 3 is 2.76 bits per heavy atom. The zero-order valence-corrected chi connectivity index (χ0v) is 12.7. The second kappa shape index (κ2) is 6.62. The lowest BCUT2D eigenvalue weighted by atomic mass is 10.1. The second-order valence-electron chi connectivity index (χ2n) is 4.89. The molecular weight excluding hydrogens is 321 g/mol. The molecule has 1 atom stereocenters. The first-order valence-corrected chi connectivity index (χ1v) is 8.35. The van der Waals surface area contributed by atoms with Gasteiger partial charge in [0.2, 0.25) is 5.91 Å². The van der Waals surface area contributed by atoms with Crippen molar-refractivity contribution in [1.82, 2.24) is 4.90 Å². The minimum Gasteiger partial charge on any atom is -0.490 e. The molecule has 21 heavy (non-hydrogen) atoms. The summed E-state index contributed by atoms with van der Waals surface area (Å²) in [6.45, 7) is 0.783. The number of likely N-dealkylation sites (tertiary alicyclic amines) is 1. The molecule has 0 saturated carbocycles. The van der Waals surface area contributed by atoms with Crippen molar-refractivity contribution < 1.29 is 21.8 Å². The van der Waals surface area contributed by atoms with E-state index in [9.17, 15) is 17.1 Å². The van der Waals surface area contributed by atoms with Crippen LogP contribution in [0.15, 0.2) is 24.3 Å². The molecule has 1 aromatic rings. The fraction of sp³-hybridized carbons (Fsp3) is 0.462. The lowest BCUT2D eigenvalue weighted by Gasteiger charge is -2.17. The fourth-order valence-electron chi connectivity index (χ4n) is 2.29. The van der Waals surface area contributed by atoms with Crippen molar-refractivity contribution in [2.75, 3.05) is 25.4 Å². The van der Waals surface area contributed by atoms with E-state index in [-0.39, 0.29) is 25.5 Å². The number of para-hydroxylation sites is 1. The van der Waals surface area contributed by atoms with Crippen molar-refractivity contribution in [1.29, 1.82) is 0 Å². The van der Waals surface area contributed by atoms with Gasteiger partial charge < -0.3 is 9.64 Å². The van der Waals surface area contributed by atoms with Crippen LogP contribution in [-0.2, 0) is 15.0 Å². The van der Waals surface area contributed by atoms with E-state index in [4.69, 9.17) is 16.3 Å². The lowest BCUT2D eigenvalue weighted by molar-refractivity contribution is -0.128. The number of carbonyl (C=O) groups is 1. The molecule has 1 heterocycles. The van der Waals surface area contributed by atoms with Crippen LogP contribution >= 0.6 is 11.6 Å². The monoisotopic (exact) mass is 335 g/mol. The van der Waals surface area contributed by atoms with Crippen LogP contribution in [0.2, 0.25) is 5.02 Å². The highest BCUT2D eigenvalue weighted by Crippen LogP contribution is 2.24. The molecular formula is C13H15ClFNO4S. The molecule has 1 amide bonds. The number of amides is 1. The van der Waals surface area contributed by atoms with Crippen molar-refractivity contribution >= 4 is 27.7 Å². The molecule has 0 radical (unpaired) electrons. The van der Waals surface area contributed by atoms with Crippen molar-refractivity contribution in [2.45, 2.75) is 6.42 Å². The van der Waals surface area contributed by atoms with Gasteiger partial charge in [0.25, 0.3) is 0 Å². The number of ether oxygens (including phenoxy) is 1. The number of benzene rings is 1. The van der Waals surface area contributed by atoms with Crippen LogP contribution in [0, 0.1) is 5.92 Å². The Morgan fingerprint density at radius 2 is 2.10 bits per heavy atom. The van der Waals surface area contributed by atoms with Gasteiger partial charge in [-0.1, -0.05) is 23.7 Å². The molecule has 116 valence electrons. The third-order valence-electron chi connectivity index (χ3n) is 3.18. The lowest BCUT2D eigenvalue weighted by Crippen LogP contribution is -2.30. The average Bonchev–Trinajstić information content (AvgIpc) is 2.70. The van der Waals surface area contributed by atoms with Gasteiger partial charge in [-0.3, -0.25) is 4.79 Å². The Kier molecular flexibility index (Phi) is 5.05. The second-order valence-corrected chi connectivity index (χ2v) is 6.71. The Labute approximate surface area is 127 Å². The molecule has 1 unspecified atom stereocenters. The van der Waals surface area contributed by atoms with Crippen molar-refractivity contribution in [3.05, 3.63) is 29.3 Å². The van der Waals surface area contributed by atoms with Crippen LogP contribution in [0.25, 0.3) is 0 Å². The van der Waals surface area contributed by atoms with Crippen LogP contribution in [0.1, 0.15) is 6.42 Å². The molecule has 1 aliphatic heterocycles. The third kappa shape index (κ3) is 4.86. The Balaban J connectivity index is 1.81. The van der Waals surface area contributed by atoms with Gasteiger partial charge in [-0.15, -0.1) is 3.89 Å². The van der Waals surface area contributed by atoms with E-state index < -0.39 is 21.9 Å². The van der Waals surface area contributed by atoms with Gasteiger partial charge in [0.05, 0.1) is 17.3 Å². The topological polar surface area (TPSA) is 63.7 Å². The summed E-state index contributed by atoms with van der Waals surface area (Å²) in [7, 11) is -4.55. The van der Waals surface area contributed by atoms with Gasteiger partial charge in [0.15, 0.2) is 0 Å². The first-order valence-electron chi connectivity index (χ1n) is 6.42. The number of rotatable bonds is 6. The smallest absolute Gasteiger partial charge is 0.302 e. The van der Waals surface area contributed by atoms with Crippen molar-refractivity contribution in [3.8, 4) is 5.75 Å². The summed E-state index contributed by atoms with van der Waals surface area (Å²) in [6, 6.07) is 6.97. The standard InChI is InChI=1S/C13H15ClFNO4S/c14-11-3-1-2-4-12(11)20-6-5-16-8-10(7-13(16)17)9-21(15,18)19/h1-4,10H,5-9H2. The summed E-state index contributed by atoms with van der Waals surface area (Å²) in [5.74, 6) is -0.770. The number of hydrogen-bond acceptors (Lipinski definition) is 4. The highest BCUT2D eigenvalue weighted by Gasteiger charge is 2.32. The number of carbonyl (C=O) groups excluding carboxylic acids is 1. The average molecular weight is 336 g/mol. The Morgan fingerprint density at radius 1 is 1.38 bits per heavy atom. The molecule has 1 aromatic carbocycles. The quantitative estimate of drug-likeness (QED) is 0.744. The fourth-order valence-corrected chi connectivity index (χ4v) is 3.27. The van der Waals surface area contributed by atoms with Gasteiger partial charge in [-0.2, -0.15) is 8.42 Å². The molecule has 1 fully saturated rings. The summed E-state index contributed by atoms with van der Waals surface area (Å²) in [4.78, 5) is 13.2. The van der Waals surface area contributed by atoms with Crippen LogP contribution in [0.4, 0.5) is 3.89 Å². The minimum absolute atomic E-state index is 0.0508. The summed E-state index contributed by atoms with van der Waals surface area (Å²) >= 11 is 5.93. The van der Waals surface area contributed by atoms with E-state index in [0.717, 1.165) is 0 Å². The summed E-state index contributed by atoms with van der Waals surface area (Å²) < 4.78 is 39.3. The van der Waals surface area contributed by atoms with E-state index in [1.54, 1.807) is 24.3 Å². The minimum atomic E-state index is -4.55. The molecule has 2 rings (SSSR count). The molecule has 0 bridgehead atoms. The van der Waals surface area contributed by atoms with Gasteiger partial charge >= 0.3 is 10.2 Å². The maximum atomic E-state index is 12.6. The Bertz CT molecular complexity index is 622. The molecule has 0 N–H and O–H groups in total. The first-order chi connectivity index (χ1) is 9.85. The van der Waals surface area contributed by atoms with Crippen LogP contribution < -0.4 is 4.74 Å². The highest BCUT2D eigenvalue weighted by atomic mass is 35.5. The molecule has 0 spiro atoms. The van der Waals surface area contributed by atoms with Crippen molar-refractivity contribution in [3.63, 3.8) is 0 Å². The summed E-state index contributed by atoms with van der Waals surface area (Å²) in [6.07, 6.45) is 0.0508. The number of halogens is 2. The predicted octanol–water partition coefficient (Wildman–Crippen LogP) is 1.87. The van der Waals surface area contributed by atoms with Gasteiger partial charge in [0, 0.05) is 18.9 Å². The molecule has 0 aliphatic carbocycles. The maximum absolute atomic E-state index is 12.6. The largest absolute Gasteiger partial charge is 0.490 e. The van der Waals surface area contributed by atoms with E-state index in [1.165, 1.54) is 4.90 Å². The van der Waals surface area contributed by atoms with E-state index >= 15 is 0 Å². The molecule has 5 nitrogen and oxygen atoms in total. The first kappa shape index (κ1) is 16.0. The zero-order valence-electron chi connectivity index (χ0n) is 11.2. The van der Waals surface area contributed by atoms with Crippen molar-refractivity contribution in [2.24, 2.45) is 5.92 Å². The van der Waals surface area contributed by atoms with Gasteiger partial charge in [0.1, 0.15) is 12.4 Å². The maximum Gasteiger partial charge on any atom is 0.302 e. The van der Waals surface area contributed by atoms with Crippen LogP contribution in [0.3, 0.4) is 0 Å². The van der Waals surface area contributed by atoms with E-state index in [1.807, 2.05) is 0 Å². The molecule has 8 heteroatoms. The SMILES string of the molecule is O=C1CC(CS(=O)(=O)F)CN1CCOc1ccccc1Cl.